The number of halogens is 5. The van der Waals surface area contributed by atoms with Crippen molar-refractivity contribution in [3.8, 4) is 0 Å². The fourth-order valence-corrected chi connectivity index (χ4v) is 4.78. The first-order valence-corrected chi connectivity index (χ1v) is 11.2. The van der Waals surface area contributed by atoms with Crippen LogP contribution in [0.4, 0.5) is 27.6 Å². The Kier molecular flexibility index (Phi) is 6.15. The zero-order valence-electron chi connectivity index (χ0n) is 15.5. The molecule has 0 bridgehead atoms. The van der Waals surface area contributed by atoms with Crippen LogP contribution in [-0.4, -0.2) is 31.9 Å². The van der Waals surface area contributed by atoms with Crippen molar-refractivity contribution < 1.29 is 35.2 Å². The van der Waals surface area contributed by atoms with Crippen molar-refractivity contribution in [3.05, 3.63) is 53.6 Å². The van der Waals surface area contributed by atoms with Gasteiger partial charge < -0.3 is 4.90 Å². The molecule has 1 heterocycles. The fraction of sp³-hybridized carbons (Fsp3) is 0.316. The lowest BCUT2D eigenvalue weighted by molar-refractivity contribution is -0.137. The second kappa shape index (κ2) is 8.18. The van der Waals surface area contributed by atoms with Gasteiger partial charge in [-0.2, -0.15) is 22.0 Å². The van der Waals surface area contributed by atoms with Gasteiger partial charge in [0.05, 0.1) is 16.1 Å². The minimum absolute atomic E-state index is 0.0221. The number of rotatable bonds is 3. The van der Waals surface area contributed by atoms with Crippen LogP contribution in [0.15, 0.2) is 52.3 Å². The van der Waals surface area contributed by atoms with E-state index in [0.29, 0.717) is 11.3 Å². The van der Waals surface area contributed by atoms with Crippen molar-refractivity contribution in [2.75, 3.05) is 11.4 Å². The van der Waals surface area contributed by atoms with Crippen LogP contribution in [0.3, 0.4) is 0 Å². The third kappa shape index (κ3) is 4.46. The molecule has 2 aromatic carbocycles. The number of hydrogen-bond donors (Lipinski definition) is 0. The molecule has 0 saturated carbocycles. The lowest BCUT2D eigenvalue weighted by atomic mass is 10.1. The average Bonchev–Trinajstić information content (AvgIpc) is 2.84. The Morgan fingerprint density at radius 2 is 1.77 bits per heavy atom. The molecule has 1 aliphatic rings. The normalized spacial score (nSPS) is 17.6. The minimum atomic E-state index is -4.81. The highest BCUT2D eigenvalue weighted by atomic mass is 32.2. The molecule has 0 saturated heterocycles. The van der Waals surface area contributed by atoms with Crippen LogP contribution in [0.5, 0.6) is 0 Å². The SMILES string of the molecule is CC1CCN(C(=O)c2ccc(S(=O)(=O)C(F)F)cc2)c2cc(C(F)(F)F)ccc2S1. The summed E-state index contributed by atoms with van der Waals surface area (Å²) in [6.07, 6.45) is -4.07. The molecular formula is C19H16F5NO3S2. The first-order chi connectivity index (χ1) is 13.9. The van der Waals surface area contributed by atoms with E-state index in [1.54, 1.807) is 0 Å². The number of anilines is 1. The van der Waals surface area contributed by atoms with Crippen LogP contribution in [-0.2, 0) is 16.0 Å². The van der Waals surface area contributed by atoms with Gasteiger partial charge in [0.2, 0.25) is 9.84 Å². The zero-order chi connectivity index (χ0) is 22.3. The predicted octanol–water partition coefficient (Wildman–Crippen LogP) is 5.23. The number of nitrogens with zero attached hydrogens (tertiary/aromatic N) is 1. The number of thioether (sulfide) groups is 1. The molecule has 1 amide bonds. The molecule has 0 spiro atoms. The van der Waals surface area contributed by atoms with Gasteiger partial charge in [0.15, 0.2) is 0 Å². The van der Waals surface area contributed by atoms with E-state index in [9.17, 15) is 35.2 Å². The van der Waals surface area contributed by atoms with Gasteiger partial charge in [-0.15, -0.1) is 11.8 Å². The Labute approximate surface area is 174 Å². The summed E-state index contributed by atoms with van der Waals surface area (Å²) < 4.78 is 88.0. The van der Waals surface area contributed by atoms with Crippen LogP contribution >= 0.6 is 11.8 Å². The van der Waals surface area contributed by atoms with Crippen molar-refractivity contribution in [2.45, 2.75) is 40.3 Å². The first-order valence-electron chi connectivity index (χ1n) is 8.73. The molecule has 0 aromatic heterocycles. The number of carbonyl (C=O) groups is 1. The Morgan fingerprint density at radius 3 is 2.33 bits per heavy atom. The van der Waals surface area contributed by atoms with E-state index in [-0.39, 0.29) is 23.0 Å². The molecule has 2 aromatic rings. The Hall–Kier alpha value is -2.14. The average molecular weight is 465 g/mol. The van der Waals surface area contributed by atoms with Crippen LogP contribution in [0.1, 0.15) is 29.3 Å². The maximum Gasteiger partial charge on any atom is 0.416 e. The number of hydrogen-bond acceptors (Lipinski definition) is 4. The highest BCUT2D eigenvalue weighted by molar-refractivity contribution is 8.00. The third-order valence-corrected chi connectivity index (χ3v) is 7.21. The Bertz CT molecular complexity index is 1050. The Morgan fingerprint density at radius 1 is 1.13 bits per heavy atom. The van der Waals surface area contributed by atoms with E-state index in [1.165, 1.54) is 22.7 Å². The van der Waals surface area contributed by atoms with Crippen molar-refractivity contribution in [1.29, 1.82) is 0 Å². The maximum atomic E-state index is 13.2. The smallest absolute Gasteiger partial charge is 0.307 e. The highest BCUT2D eigenvalue weighted by Gasteiger charge is 2.34. The topological polar surface area (TPSA) is 54.5 Å². The first kappa shape index (κ1) is 22.5. The second-order valence-corrected chi connectivity index (χ2v) is 10.1. The number of benzene rings is 2. The molecule has 4 nitrogen and oxygen atoms in total. The summed E-state index contributed by atoms with van der Waals surface area (Å²) in [6.45, 7) is 2.04. The molecule has 1 aliphatic heterocycles. The summed E-state index contributed by atoms with van der Waals surface area (Å²) >= 11 is 1.35. The van der Waals surface area contributed by atoms with Crippen LogP contribution in [0.2, 0.25) is 0 Å². The highest BCUT2D eigenvalue weighted by Crippen LogP contribution is 2.41. The van der Waals surface area contributed by atoms with Gasteiger partial charge in [-0.1, -0.05) is 6.92 Å². The molecule has 1 unspecified atom stereocenters. The van der Waals surface area contributed by atoms with Gasteiger partial charge in [0.25, 0.3) is 5.91 Å². The molecule has 162 valence electrons. The lowest BCUT2D eigenvalue weighted by Crippen LogP contribution is -2.32. The third-order valence-electron chi connectivity index (χ3n) is 4.57. The van der Waals surface area contributed by atoms with Crippen molar-refractivity contribution in [1.82, 2.24) is 0 Å². The van der Waals surface area contributed by atoms with Gasteiger partial charge >= 0.3 is 11.9 Å². The maximum absolute atomic E-state index is 13.2. The number of sulfone groups is 1. The van der Waals surface area contributed by atoms with Crippen molar-refractivity contribution in [3.63, 3.8) is 0 Å². The van der Waals surface area contributed by atoms with Gasteiger partial charge in [0.1, 0.15) is 0 Å². The second-order valence-electron chi connectivity index (χ2n) is 6.68. The summed E-state index contributed by atoms with van der Waals surface area (Å²) in [7, 11) is -4.81. The Balaban J connectivity index is 2.00. The number of amides is 1. The van der Waals surface area contributed by atoms with Gasteiger partial charge in [-0.3, -0.25) is 4.79 Å². The molecule has 0 fully saturated rings. The van der Waals surface area contributed by atoms with E-state index in [1.807, 2.05) is 6.92 Å². The predicted molar refractivity (Wildman–Crippen MR) is 103 cm³/mol. The molecule has 1 atom stereocenters. The molecule has 11 heteroatoms. The summed E-state index contributed by atoms with van der Waals surface area (Å²) in [4.78, 5) is 14.1. The van der Waals surface area contributed by atoms with Crippen LogP contribution in [0.25, 0.3) is 0 Å². The molecular weight excluding hydrogens is 449 g/mol. The largest absolute Gasteiger partial charge is 0.416 e. The number of fused-ring (bicyclic) bond motifs is 1. The van der Waals surface area contributed by atoms with Crippen LogP contribution in [0, 0.1) is 0 Å². The number of carbonyl (C=O) groups excluding carboxylic acids is 1. The zero-order valence-corrected chi connectivity index (χ0v) is 17.1. The van der Waals surface area contributed by atoms with Crippen molar-refractivity contribution >= 4 is 33.2 Å². The fourth-order valence-electron chi connectivity index (χ4n) is 2.97. The van der Waals surface area contributed by atoms with E-state index in [2.05, 4.69) is 0 Å². The van der Waals surface area contributed by atoms with Crippen molar-refractivity contribution in [2.24, 2.45) is 0 Å². The quantitative estimate of drug-likeness (QED) is 0.583. The lowest BCUT2D eigenvalue weighted by Gasteiger charge is -2.24. The summed E-state index contributed by atoms with van der Waals surface area (Å²) in [5, 5.41) is 0.0526. The summed E-state index contributed by atoms with van der Waals surface area (Å²) in [5.41, 5.74) is -0.813. The molecule has 3 rings (SSSR count). The standard InChI is InChI=1S/C19H16F5NO3S2/c1-11-8-9-25(15-10-13(19(22,23)24)4-7-16(15)29-11)17(26)12-2-5-14(6-3-12)30(27,28)18(20)21/h2-7,10-11,18H,8-9H2,1H3. The minimum Gasteiger partial charge on any atom is -0.307 e. The number of alkyl halides is 5. The van der Waals surface area contributed by atoms with E-state index in [4.69, 9.17) is 0 Å². The van der Waals surface area contributed by atoms with Gasteiger partial charge in [0, 0.05) is 22.3 Å². The van der Waals surface area contributed by atoms with Gasteiger partial charge in [-0.05, 0) is 48.9 Å². The van der Waals surface area contributed by atoms with E-state index < -0.39 is 38.1 Å². The molecule has 30 heavy (non-hydrogen) atoms. The molecule has 0 radical (unpaired) electrons. The van der Waals surface area contributed by atoms with Gasteiger partial charge in [-0.25, -0.2) is 8.42 Å². The van der Waals surface area contributed by atoms with E-state index >= 15 is 0 Å². The van der Waals surface area contributed by atoms with Crippen LogP contribution < -0.4 is 4.90 Å². The summed E-state index contributed by atoms with van der Waals surface area (Å²) in [5.74, 6) is -4.25. The molecule has 0 aliphatic carbocycles. The summed E-state index contributed by atoms with van der Waals surface area (Å²) in [6, 6.07) is 7.11. The molecule has 0 N–H and O–H groups in total. The monoisotopic (exact) mass is 465 g/mol. The van der Waals surface area contributed by atoms with E-state index in [0.717, 1.165) is 36.4 Å².